The van der Waals surface area contributed by atoms with Crippen LogP contribution < -0.4 is 15.0 Å². The van der Waals surface area contributed by atoms with Gasteiger partial charge in [0.25, 0.3) is 11.8 Å². The number of nitrogens with zero attached hydrogens (tertiary/aromatic N) is 1. The first kappa shape index (κ1) is 23.9. The predicted molar refractivity (Wildman–Crippen MR) is 132 cm³/mol. The number of hydrogen-bond donors (Lipinski definition) is 2. The molecule has 0 saturated carbocycles. The molecule has 1 fully saturated rings. The molecule has 4 rings (SSSR count). The van der Waals surface area contributed by atoms with Crippen LogP contribution in [0.15, 0.2) is 76.8 Å². The first-order chi connectivity index (χ1) is 16.7. The molecule has 0 bridgehead atoms. The van der Waals surface area contributed by atoms with Crippen LogP contribution in [0, 0.1) is 6.92 Å². The number of rotatable bonds is 6. The molecule has 1 aliphatic rings. The third kappa shape index (κ3) is 5.15. The van der Waals surface area contributed by atoms with Crippen LogP contribution in [-0.2, 0) is 16.2 Å². The van der Waals surface area contributed by atoms with Gasteiger partial charge in [0.15, 0.2) is 0 Å². The van der Waals surface area contributed by atoms with Gasteiger partial charge in [0.1, 0.15) is 17.9 Å². The van der Waals surface area contributed by atoms with Crippen molar-refractivity contribution >= 4 is 51.5 Å². The summed E-state index contributed by atoms with van der Waals surface area (Å²) in [7, 11) is 0. The SMILES string of the molecule is Cc1cc(N2C(=O)NC(=O)C(=Cc3ccccc3OCc3ccc(C(=O)O)cc3)C2=O)ccc1Br. The number of imide groups is 2. The average molecular weight is 535 g/mol. The second-order valence-electron chi connectivity index (χ2n) is 7.72. The van der Waals surface area contributed by atoms with Crippen molar-refractivity contribution in [3.63, 3.8) is 0 Å². The maximum Gasteiger partial charge on any atom is 0.335 e. The topological polar surface area (TPSA) is 113 Å². The Balaban J connectivity index is 1.61. The minimum atomic E-state index is -1.02. The van der Waals surface area contributed by atoms with E-state index in [0.717, 1.165) is 20.5 Å². The smallest absolute Gasteiger partial charge is 0.335 e. The molecule has 4 amide bonds. The van der Waals surface area contributed by atoms with E-state index >= 15 is 0 Å². The van der Waals surface area contributed by atoms with Gasteiger partial charge in [-0.3, -0.25) is 14.9 Å². The van der Waals surface area contributed by atoms with E-state index in [-0.39, 0.29) is 17.7 Å². The van der Waals surface area contributed by atoms with Crippen LogP contribution in [0.3, 0.4) is 0 Å². The van der Waals surface area contributed by atoms with Crippen molar-refractivity contribution in [2.45, 2.75) is 13.5 Å². The molecule has 9 heteroatoms. The average Bonchev–Trinajstić information content (AvgIpc) is 2.83. The zero-order chi connectivity index (χ0) is 25.1. The fraction of sp³-hybridized carbons (Fsp3) is 0.0769. The Hall–Kier alpha value is -4.24. The Kier molecular flexibility index (Phi) is 6.79. The van der Waals surface area contributed by atoms with Crippen molar-refractivity contribution in [2.24, 2.45) is 0 Å². The summed E-state index contributed by atoms with van der Waals surface area (Å²) < 4.78 is 6.70. The van der Waals surface area contributed by atoms with Gasteiger partial charge in [-0.1, -0.05) is 46.3 Å². The fourth-order valence-electron chi connectivity index (χ4n) is 3.45. The first-order valence-electron chi connectivity index (χ1n) is 10.5. The summed E-state index contributed by atoms with van der Waals surface area (Å²) in [6.45, 7) is 1.97. The second kappa shape index (κ2) is 9.94. The maximum absolute atomic E-state index is 13.2. The van der Waals surface area contributed by atoms with Gasteiger partial charge in [0.05, 0.1) is 11.3 Å². The van der Waals surface area contributed by atoms with Crippen molar-refractivity contribution in [3.8, 4) is 5.75 Å². The lowest BCUT2D eigenvalue weighted by Gasteiger charge is -2.26. The molecule has 1 saturated heterocycles. The molecule has 1 heterocycles. The number of ether oxygens (including phenoxy) is 1. The second-order valence-corrected chi connectivity index (χ2v) is 8.57. The number of barbiturate groups is 1. The van der Waals surface area contributed by atoms with E-state index in [1.54, 1.807) is 54.6 Å². The highest BCUT2D eigenvalue weighted by molar-refractivity contribution is 9.10. The van der Waals surface area contributed by atoms with E-state index in [0.29, 0.717) is 17.0 Å². The fourth-order valence-corrected chi connectivity index (χ4v) is 3.70. The number of carbonyl (C=O) groups excluding carboxylic acids is 3. The number of aryl methyl sites for hydroxylation is 1. The molecule has 2 N–H and O–H groups in total. The number of amides is 4. The van der Waals surface area contributed by atoms with Crippen LogP contribution in [0.2, 0.25) is 0 Å². The summed E-state index contributed by atoms with van der Waals surface area (Å²) >= 11 is 3.39. The molecule has 0 aliphatic carbocycles. The summed E-state index contributed by atoms with van der Waals surface area (Å²) in [5.41, 5.74) is 2.31. The van der Waals surface area contributed by atoms with Gasteiger partial charge in [-0.05, 0) is 60.5 Å². The molecule has 1 aliphatic heterocycles. The summed E-state index contributed by atoms with van der Waals surface area (Å²) in [5.74, 6) is -2.16. The van der Waals surface area contributed by atoms with Crippen LogP contribution in [0.1, 0.15) is 27.0 Å². The highest BCUT2D eigenvalue weighted by atomic mass is 79.9. The highest BCUT2D eigenvalue weighted by Gasteiger charge is 2.37. The molecule has 8 nitrogen and oxygen atoms in total. The lowest BCUT2D eigenvalue weighted by atomic mass is 10.1. The van der Waals surface area contributed by atoms with E-state index in [4.69, 9.17) is 9.84 Å². The zero-order valence-electron chi connectivity index (χ0n) is 18.4. The molecule has 3 aromatic rings. The number of hydrogen-bond acceptors (Lipinski definition) is 5. The molecule has 0 radical (unpaired) electrons. The van der Waals surface area contributed by atoms with E-state index in [1.165, 1.54) is 18.2 Å². The quantitative estimate of drug-likeness (QED) is 0.350. The number of benzene rings is 3. The molecule has 0 spiro atoms. The number of urea groups is 1. The van der Waals surface area contributed by atoms with Gasteiger partial charge in [0.2, 0.25) is 0 Å². The molecule has 0 aromatic heterocycles. The zero-order valence-corrected chi connectivity index (χ0v) is 20.0. The molecule has 176 valence electrons. The van der Waals surface area contributed by atoms with Gasteiger partial charge in [0, 0.05) is 10.0 Å². The molecular formula is C26H19BrN2O6. The summed E-state index contributed by atoms with van der Waals surface area (Å²) in [6.07, 6.45) is 1.38. The third-order valence-corrected chi connectivity index (χ3v) is 6.21. The van der Waals surface area contributed by atoms with E-state index in [2.05, 4.69) is 21.2 Å². The van der Waals surface area contributed by atoms with Gasteiger partial charge < -0.3 is 9.84 Å². The number of carboxylic acids is 1. The number of carboxylic acid groups (broad SMARTS) is 1. The number of nitrogens with one attached hydrogen (secondary N) is 1. The predicted octanol–water partition coefficient (Wildman–Crippen LogP) is 4.70. The standard InChI is InChI=1S/C26H19BrN2O6/c1-15-12-19(10-11-21(15)27)29-24(31)20(23(30)28-26(29)34)13-18-4-2-3-5-22(18)35-14-16-6-8-17(9-7-16)25(32)33/h2-13H,14H2,1H3,(H,32,33)(H,28,30,34). The van der Waals surface area contributed by atoms with Crippen LogP contribution in [0.4, 0.5) is 10.5 Å². The van der Waals surface area contributed by atoms with Crippen molar-refractivity contribution < 1.29 is 29.0 Å². The first-order valence-corrected chi connectivity index (χ1v) is 11.3. The molecule has 0 atom stereocenters. The van der Waals surface area contributed by atoms with E-state index in [9.17, 15) is 19.2 Å². The third-order valence-electron chi connectivity index (χ3n) is 5.32. The highest BCUT2D eigenvalue weighted by Crippen LogP contribution is 2.28. The van der Waals surface area contributed by atoms with Crippen LogP contribution in [0.25, 0.3) is 6.08 Å². The molecular weight excluding hydrogens is 516 g/mol. The normalized spacial score (nSPS) is 14.7. The minimum Gasteiger partial charge on any atom is -0.488 e. The Labute approximate surface area is 209 Å². The van der Waals surface area contributed by atoms with Crippen LogP contribution >= 0.6 is 15.9 Å². The number of anilines is 1. The van der Waals surface area contributed by atoms with Crippen molar-refractivity contribution in [2.75, 3.05) is 4.90 Å². The molecule has 3 aromatic carbocycles. The summed E-state index contributed by atoms with van der Waals surface area (Å²) in [6, 6.07) is 17.3. The van der Waals surface area contributed by atoms with Crippen LogP contribution in [-0.4, -0.2) is 28.9 Å². The van der Waals surface area contributed by atoms with E-state index in [1.807, 2.05) is 6.92 Å². The number of para-hydroxylation sites is 1. The molecule has 0 unspecified atom stereocenters. The van der Waals surface area contributed by atoms with E-state index < -0.39 is 23.8 Å². The van der Waals surface area contributed by atoms with Crippen molar-refractivity contribution in [3.05, 3.63) is 99.0 Å². The summed E-state index contributed by atoms with van der Waals surface area (Å²) in [4.78, 5) is 50.2. The lowest BCUT2D eigenvalue weighted by molar-refractivity contribution is -0.122. The van der Waals surface area contributed by atoms with Crippen molar-refractivity contribution in [1.29, 1.82) is 0 Å². The minimum absolute atomic E-state index is 0.142. The lowest BCUT2D eigenvalue weighted by Crippen LogP contribution is -2.54. The Bertz CT molecular complexity index is 1380. The summed E-state index contributed by atoms with van der Waals surface area (Å²) in [5, 5.41) is 11.2. The number of halogens is 1. The Morgan fingerprint density at radius 2 is 1.77 bits per heavy atom. The van der Waals surface area contributed by atoms with Gasteiger partial charge in [-0.2, -0.15) is 0 Å². The molecule has 35 heavy (non-hydrogen) atoms. The van der Waals surface area contributed by atoms with Gasteiger partial charge in [-0.25, -0.2) is 14.5 Å². The van der Waals surface area contributed by atoms with Gasteiger partial charge >= 0.3 is 12.0 Å². The number of carbonyl (C=O) groups is 4. The largest absolute Gasteiger partial charge is 0.488 e. The maximum atomic E-state index is 13.2. The van der Waals surface area contributed by atoms with Crippen molar-refractivity contribution in [1.82, 2.24) is 5.32 Å². The van der Waals surface area contributed by atoms with Crippen LogP contribution in [0.5, 0.6) is 5.75 Å². The Morgan fingerprint density at radius 3 is 2.46 bits per heavy atom. The van der Waals surface area contributed by atoms with Gasteiger partial charge in [-0.15, -0.1) is 0 Å². The Morgan fingerprint density at radius 1 is 1.06 bits per heavy atom. The monoisotopic (exact) mass is 534 g/mol. The number of aromatic carboxylic acids is 1.